The molecule has 1 fully saturated rings. The van der Waals surface area contributed by atoms with Gasteiger partial charge in [-0.2, -0.15) is 9.44 Å². The fourth-order valence-corrected chi connectivity index (χ4v) is 2.97. The summed E-state index contributed by atoms with van der Waals surface area (Å²) in [6.45, 7) is 7.58. The van der Waals surface area contributed by atoms with Crippen molar-refractivity contribution < 1.29 is 14.0 Å². The van der Waals surface area contributed by atoms with E-state index in [2.05, 4.69) is 33.1 Å². The first-order chi connectivity index (χ1) is 9.33. The van der Waals surface area contributed by atoms with E-state index in [1.165, 1.54) is 0 Å². The number of hydrogen-bond acceptors (Lipinski definition) is 4. The standard InChI is InChI=1S/C15H28NO3S/c1-14(2,3)20(4)19-11-13-5-7-15(12-16,8-6-13)18-10-9-17/h13,17H,5-11H2,1-4H3/q+1. The number of nitrogens with zero attached hydrogens (tertiary/aromatic N) is 1. The molecule has 1 N–H and O–H groups in total. The van der Waals surface area contributed by atoms with Gasteiger partial charge in [0, 0.05) is 0 Å². The normalized spacial score (nSPS) is 28.9. The molecule has 0 heterocycles. The first-order valence-corrected chi connectivity index (χ1v) is 8.84. The van der Waals surface area contributed by atoms with Crippen LogP contribution in [0.2, 0.25) is 0 Å². The van der Waals surface area contributed by atoms with Gasteiger partial charge in [0.25, 0.3) is 0 Å². The highest BCUT2D eigenvalue weighted by Gasteiger charge is 2.38. The fourth-order valence-electron chi connectivity index (χ4n) is 2.22. The Bertz CT molecular complexity index is 327. The van der Waals surface area contributed by atoms with Gasteiger partial charge in [0.15, 0.2) is 10.3 Å². The van der Waals surface area contributed by atoms with Crippen LogP contribution in [0.5, 0.6) is 0 Å². The third-order valence-corrected chi connectivity index (χ3v) is 6.14. The van der Waals surface area contributed by atoms with Gasteiger partial charge >= 0.3 is 0 Å². The first kappa shape index (κ1) is 17.8. The molecule has 5 heteroatoms. The van der Waals surface area contributed by atoms with Crippen LogP contribution in [0.25, 0.3) is 0 Å². The molecule has 0 aromatic heterocycles. The molecule has 20 heavy (non-hydrogen) atoms. The maximum Gasteiger partial charge on any atom is 0.154 e. The topological polar surface area (TPSA) is 62.5 Å². The van der Waals surface area contributed by atoms with E-state index in [-0.39, 0.29) is 29.1 Å². The van der Waals surface area contributed by atoms with Crippen molar-refractivity contribution in [1.29, 1.82) is 5.26 Å². The molecule has 1 unspecified atom stereocenters. The molecule has 0 spiro atoms. The number of aliphatic hydroxyl groups is 1. The maximum absolute atomic E-state index is 9.29. The molecule has 1 aliphatic rings. The number of hydrogen-bond donors (Lipinski definition) is 1. The van der Waals surface area contributed by atoms with E-state index in [4.69, 9.17) is 14.0 Å². The number of ether oxygens (including phenoxy) is 1. The van der Waals surface area contributed by atoms with Crippen LogP contribution in [0.3, 0.4) is 0 Å². The Morgan fingerprint density at radius 2 is 1.95 bits per heavy atom. The highest BCUT2D eigenvalue weighted by molar-refractivity contribution is 7.93. The van der Waals surface area contributed by atoms with Crippen molar-refractivity contribution in [2.75, 3.05) is 26.1 Å². The first-order valence-electron chi connectivity index (χ1n) is 7.28. The van der Waals surface area contributed by atoms with Crippen LogP contribution in [-0.2, 0) is 20.1 Å². The Labute approximate surface area is 126 Å². The van der Waals surface area contributed by atoms with Gasteiger partial charge in [0.05, 0.1) is 19.3 Å². The summed E-state index contributed by atoms with van der Waals surface area (Å²) in [6, 6.07) is 2.29. The van der Waals surface area contributed by atoms with E-state index < -0.39 is 5.60 Å². The van der Waals surface area contributed by atoms with E-state index in [0.717, 1.165) is 32.3 Å². The highest BCUT2D eigenvalue weighted by Crippen LogP contribution is 2.35. The lowest BCUT2D eigenvalue weighted by Gasteiger charge is -2.34. The molecule has 0 aromatic rings. The van der Waals surface area contributed by atoms with E-state index in [0.29, 0.717) is 5.92 Å². The second-order valence-corrected chi connectivity index (χ2v) is 8.84. The Hall–Kier alpha value is -0.280. The predicted octanol–water partition coefficient (Wildman–Crippen LogP) is 2.43. The quantitative estimate of drug-likeness (QED) is 0.765. The Morgan fingerprint density at radius 3 is 2.40 bits per heavy atom. The molecule has 0 aliphatic heterocycles. The lowest BCUT2D eigenvalue weighted by molar-refractivity contribution is -0.0514. The molecule has 4 nitrogen and oxygen atoms in total. The lowest BCUT2D eigenvalue weighted by atomic mass is 9.80. The van der Waals surface area contributed by atoms with Crippen LogP contribution in [0.1, 0.15) is 46.5 Å². The van der Waals surface area contributed by atoms with Crippen LogP contribution >= 0.6 is 0 Å². The largest absolute Gasteiger partial charge is 0.394 e. The number of aliphatic hydroxyl groups excluding tert-OH is 1. The average molecular weight is 302 g/mol. The Morgan fingerprint density at radius 1 is 1.35 bits per heavy atom. The zero-order valence-electron chi connectivity index (χ0n) is 13.1. The molecule has 0 radical (unpaired) electrons. The summed E-state index contributed by atoms with van der Waals surface area (Å²) in [5, 5.41) is 18.1. The van der Waals surface area contributed by atoms with Crippen molar-refractivity contribution in [3.8, 4) is 6.07 Å². The van der Waals surface area contributed by atoms with Gasteiger partial charge in [-0.05, 0) is 52.4 Å². The van der Waals surface area contributed by atoms with Gasteiger partial charge in [-0.15, -0.1) is 0 Å². The summed E-state index contributed by atoms with van der Waals surface area (Å²) in [6.07, 6.45) is 5.54. The van der Waals surface area contributed by atoms with Crippen LogP contribution in [-0.4, -0.2) is 41.5 Å². The van der Waals surface area contributed by atoms with Crippen LogP contribution < -0.4 is 0 Å². The SMILES string of the molecule is C[S+](OCC1CCC(C#N)(OCCO)CC1)C(C)(C)C. The van der Waals surface area contributed by atoms with Gasteiger partial charge in [0.2, 0.25) is 0 Å². The molecule has 0 bridgehead atoms. The summed E-state index contributed by atoms with van der Waals surface area (Å²) in [7, 11) is 0. The average Bonchev–Trinajstić information content (AvgIpc) is 2.42. The third kappa shape index (κ3) is 5.25. The van der Waals surface area contributed by atoms with Gasteiger partial charge in [-0.25, -0.2) is 0 Å². The van der Waals surface area contributed by atoms with Crippen LogP contribution in [0.4, 0.5) is 0 Å². The molecule has 0 amide bonds. The minimum atomic E-state index is -0.683. The van der Waals surface area contributed by atoms with E-state index in [1.54, 1.807) is 0 Å². The summed E-state index contributed by atoms with van der Waals surface area (Å²) < 4.78 is 11.7. The second kappa shape index (κ2) is 7.65. The van der Waals surface area contributed by atoms with E-state index in [9.17, 15) is 5.26 Å². The molecular weight excluding hydrogens is 274 g/mol. The van der Waals surface area contributed by atoms with Crippen LogP contribution in [0, 0.1) is 17.2 Å². The molecule has 0 aromatic carbocycles. The van der Waals surface area contributed by atoms with Gasteiger partial charge in [-0.1, -0.05) is 0 Å². The van der Waals surface area contributed by atoms with Crippen molar-refractivity contribution in [2.45, 2.75) is 56.8 Å². The molecule has 1 saturated carbocycles. The van der Waals surface area contributed by atoms with Crippen molar-refractivity contribution in [3.05, 3.63) is 0 Å². The Balaban J connectivity index is 2.37. The molecule has 1 rings (SSSR count). The van der Waals surface area contributed by atoms with Gasteiger partial charge in [0.1, 0.15) is 24.0 Å². The molecular formula is C15H28NO3S+. The number of nitriles is 1. The second-order valence-electron chi connectivity index (χ2n) is 6.47. The minimum Gasteiger partial charge on any atom is -0.394 e. The lowest BCUT2D eigenvalue weighted by Crippen LogP contribution is -2.38. The van der Waals surface area contributed by atoms with Crippen molar-refractivity contribution >= 4 is 11.2 Å². The monoisotopic (exact) mass is 302 g/mol. The summed E-state index contributed by atoms with van der Waals surface area (Å²) in [4.78, 5) is 0. The minimum absolute atomic E-state index is 0.0276. The smallest absolute Gasteiger partial charge is 0.154 e. The van der Waals surface area contributed by atoms with Crippen molar-refractivity contribution in [1.82, 2.24) is 0 Å². The molecule has 1 atom stereocenters. The van der Waals surface area contributed by atoms with Gasteiger partial charge in [-0.3, -0.25) is 0 Å². The third-order valence-electron chi connectivity index (χ3n) is 3.93. The zero-order chi connectivity index (χ0) is 15.2. The summed E-state index contributed by atoms with van der Waals surface area (Å²) in [5.74, 6) is 0.520. The number of rotatable bonds is 6. The van der Waals surface area contributed by atoms with Crippen molar-refractivity contribution in [2.24, 2.45) is 5.92 Å². The fraction of sp³-hybridized carbons (Fsp3) is 0.933. The molecule has 1 aliphatic carbocycles. The van der Waals surface area contributed by atoms with Crippen molar-refractivity contribution in [3.63, 3.8) is 0 Å². The predicted molar refractivity (Wildman–Crippen MR) is 82.3 cm³/mol. The van der Waals surface area contributed by atoms with E-state index >= 15 is 0 Å². The summed E-state index contributed by atoms with van der Waals surface area (Å²) in [5.41, 5.74) is -0.683. The van der Waals surface area contributed by atoms with E-state index in [1.807, 2.05) is 0 Å². The zero-order valence-corrected chi connectivity index (χ0v) is 14.0. The van der Waals surface area contributed by atoms with Crippen LogP contribution in [0.15, 0.2) is 0 Å². The Kier molecular flexibility index (Phi) is 6.80. The molecule has 116 valence electrons. The highest BCUT2D eigenvalue weighted by atomic mass is 32.2. The summed E-state index contributed by atoms with van der Waals surface area (Å²) >= 11 is -0.0441. The van der Waals surface area contributed by atoms with Gasteiger partial charge < -0.3 is 9.84 Å². The maximum atomic E-state index is 9.29. The molecule has 0 saturated heterocycles.